The van der Waals surface area contributed by atoms with Crippen LogP contribution in [-0.4, -0.2) is 40.8 Å². The Morgan fingerprint density at radius 3 is 2.76 bits per heavy atom. The molecule has 5 nitrogen and oxygen atoms in total. The SMILES string of the molecule is Cn1cc(C(CN)C2CCN(C(=O)OC(C)(C)C)C2)c2ccccc21. The third-order valence-electron chi connectivity index (χ3n) is 5.03. The number of benzene rings is 1. The van der Waals surface area contributed by atoms with Crippen LogP contribution < -0.4 is 5.73 Å². The van der Waals surface area contributed by atoms with Crippen LogP contribution in [0.15, 0.2) is 30.5 Å². The average molecular weight is 343 g/mol. The van der Waals surface area contributed by atoms with Gasteiger partial charge < -0.3 is 19.9 Å². The van der Waals surface area contributed by atoms with Gasteiger partial charge in [-0.25, -0.2) is 4.79 Å². The molecule has 25 heavy (non-hydrogen) atoms. The average Bonchev–Trinajstić information content (AvgIpc) is 3.14. The van der Waals surface area contributed by atoms with Crippen LogP contribution in [0.25, 0.3) is 10.9 Å². The van der Waals surface area contributed by atoms with E-state index in [1.165, 1.54) is 16.5 Å². The molecule has 0 saturated carbocycles. The molecule has 0 radical (unpaired) electrons. The van der Waals surface area contributed by atoms with Crippen LogP contribution in [0.5, 0.6) is 0 Å². The third kappa shape index (κ3) is 3.66. The number of amides is 1. The number of rotatable bonds is 3. The van der Waals surface area contributed by atoms with Gasteiger partial charge in [0.1, 0.15) is 5.60 Å². The number of aromatic nitrogens is 1. The topological polar surface area (TPSA) is 60.5 Å². The first-order chi connectivity index (χ1) is 11.8. The Morgan fingerprint density at radius 1 is 1.36 bits per heavy atom. The van der Waals surface area contributed by atoms with Gasteiger partial charge >= 0.3 is 6.09 Å². The second kappa shape index (κ2) is 6.71. The van der Waals surface area contributed by atoms with Crippen LogP contribution in [0.4, 0.5) is 4.79 Å². The molecule has 1 aromatic carbocycles. The zero-order chi connectivity index (χ0) is 18.2. The number of fused-ring (bicyclic) bond motifs is 1. The molecule has 1 aliphatic heterocycles. The van der Waals surface area contributed by atoms with Gasteiger partial charge in [-0.15, -0.1) is 0 Å². The Bertz CT molecular complexity index is 760. The van der Waals surface area contributed by atoms with E-state index < -0.39 is 5.60 Å². The second-order valence-corrected chi connectivity index (χ2v) is 8.03. The number of aryl methyl sites for hydroxylation is 1. The number of likely N-dealkylation sites (tertiary alicyclic amines) is 1. The lowest BCUT2D eigenvalue weighted by Crippen LogP contribution is -2.36. The van der Waals surface area contributed by atoms with Crippen LogP contribution >= 0.6 is 0 Å². The molecule has 0 spiro atoms. The molecule has 1 amide bonds. The molecule has 2 N–H and O–H groups in total. The van der Waals surface area contributed by atoms with Crippen molar-refractivity contribution in [1.29, 1.82) is 0 Å². The summed E-state index contributed by atoms with van der Waals surface area (Å²) in [7, 11) is 2.07. The lowest BCUT2D eigenvalue weighted by atomic mass is 9.85. The number of ether oxygens (including phenoxy) is 1. The number of hydrogen-bond donors (Lipinski definition) is 1. The second-order valence-electron chi connectivity index (χ2n) is 8.03. The summed E-state index contributed by atoms with van der Waals surface area (Å²) in [5.74, 6) is 0.613. The van der Waals surface area contributed by atoms with Gasteiger partial charge in [-0.05, 0) is 51.3 Å². The van der Waals surface area contributed by atoms with E-state index >= 15 is 0 Å². The Kier molecular flexibility index (Phi) is 4.78. The Balaban J connectivity index is 1.79. The van der Waals surface area contributed by atoms with Gasteiger partial charge in [0, 0.05) is 43.2 Å². The van der Waals surface area contributed by atoms with Gasteiger partial charge in [0.25, 0.3) is 0 Å². The number of nitrogens with zero attached hydrogens (tertiary/aromatic N) is 2. The first-order valence-electron chi connectivity index (χ1n) is 9.02. The van der Waals surface area contributed by atoms with E-state index in [0.717, 1.165) is 13.0 Å². The molecule has 0 aliphatic carbocycles. The molecular weight excluding hydrogens is 314 g/mol. The van der Waals surface area contributed by atoms with E-state index in [9.17, 15) is 4.79 Å². The normalized spacial score (nSPS) is 19.4. The van der Waals surface area contributed by atoms with Crippen molar-refractivity contribution in [3.8, 4) is 0 Å². The maximum atomic E-state index is 12.3. The number of carbonyl (C=O) groups is 1. The lowest BCUT2D eigenvalue weighted by molar-refractivity contribution is 0.0286. The molecule has 2 unspecified atom stereocenters. The summed E-state index contributed by atoms with van der Waals surface area (Å²) in [5.41, 5.74) is 8.21. The van der Waals surface area contributed by atoms with Crippen molar-refractivity contribution in [3.05, 3.63) is 36.0 Å². The van der Waals surface area contributed by atoms with Crippen LogP contribution in [0.2, 0.25) is 0 Å². The van der Waals surface area contributed by atoms with E-state index in [-0.39, 0.29) is 12.0 Å². The molecule has 5 heteroatoms. The summed E-state index contributed by atoms with van der Waals surface area (Å²) in [6, 6.07) is 8.42. The van der Waals surface area contributed by atoms with E-state index in [1.807, 2.05) is 25.7 Å². The third-order valence-corrected chi connectivity index (χ3v) is 5.03. The largest absolute Gasteiger partial charge is 0.444 e. The number of hydrogen-bond acceptors (Lipinski definition) is 3. The summed E-state index contributed by atoms with van der Waals surface area (Å²) in [6.45, 7) is 7.73. The van der Waals surface area contributed by atoms with Crippen LogP contribution in [0.3, 0.4) is 0 Å². The zero-order valence-electron chi connectivity index (χ0n) is 15.7. The minimum absolute atomic E-state index is 0.219. The lowest BCUT2D eigenvalue weighted by Gasteiger charge is -2.26. The van der Waals surface area contributed by atoms with Crippen molar-refractivity contribution in [3.63, 3.8) is 0 Å². The molecule has 1 saturated heterocycles. The maximum absolute atomic E-state index is 12.3. The van der Waals surface area contributed by atoms with E-state index in [0.29, 0.717) is 19.0 Å². The maximum Gasteiger partial charge on any atom is 0.410 e. The minimum Gasteiger partial charge on any atom is -0.444 e. The van der Waals surface area contributed by atoms with E-state index in [1.54, 1.807) is 0 Å². The fraction of sp³-hybridized carbons (Fsp3) is 0.550. The number of carbonyl (C=O) groups excluding carboxylic acids is 1. The Morgan fingerprint density at radius 2 is 2.08 bits per heavy atom. The monoisotopic (exact) mass is 343 g/mol. The van der Waals surface area contributed by atoms with Crippen LogP contribution in [0, 0.1) is 5.92 Å². The predicted molar refractivity (Wildman–Crippen MR) is 101 cm³/mol. The van der Waals surface area contributed by atoms with Gasteiger partial charge in [0.15, 0.2) is 0 Å². The molecular formula is C20H29N3O2. The Labute approximate surface area is 149 Å². The molecule has 136 valence electrons. The molecule has 1 aliphatic rings. The molecule has 2 atom stereocenters. The highest BCUT2D eigenvalue weighted by Crippen LogP contribution is 2.36. The summed E-state index contributed by atoms with van der Waals surface area (Å²) in [5, 5.41) is 1.26. The first kappa shape index (κ1) is 17.8. The highest BCUT2D eigenvalue weighted by Gasteiger charge is 2.35. The standard InChI is InChI=1S/C20H29N3O2/c1-20(2,3)25-19(24)23-10-9-14(12-23)16(11-21)17-13-22(4)18-8-6-5-7-15(17)18/h5-8,13-14,16H,9-12,21H2,1-4H3. The molecule has 2 heterocycles. The van der Waals surface area contributed by atoms with Gasteiger partial charge in [-0.3, -0.25) is 0 Å². The molecule has 1 fully saturated rings. The summed E-state index contributed by atoms with van der Waals surface area (Å²) in [6.07, 6.45) is 2.94. The molecule has 0 bridgehead atoms. The minimum atomic E-state index is -0.460. The van der Waals surface area contributed by atoms with Crippen molar-refractivity contribution in [2.75, 3.05) is 19.6 Å². The summed E-state index contributed by atoms with van der Waals surface area (Å²) >= 11 is 0. The van der Waals surface area contributed by atoms with E-state index in [4.69, 9.17) is 10.5 Å². The smallest absolute Gasteiger partial charge is 0.410 e. The van der Waals surface area contributed by atoms with Gasteiger partial charge in [0.05, 0.1) is 0 Å². The molecule has 3 rings (SSSR count). The highest BCUT2D eigenvalue weighted by molar-refractivity contribution is 5.84. The first-order valence-corrected chi connectivity index (χ1v) is 9.02. The fourth-order valence-corrected chi connectivity index (χ4v) is 3.85. The van der Waals surface area contributed by atoms with Crippen molar-refractivity contribution < 1.29 is 9.53 Å². The zero-order valence-corrected chi connectivity index (χ0v) is 15.7. The number of para-hydroxylation sites is 1. The van der Waals surface area contributed by atoms with Crippen molar-refractivity contribution in [2.45, 2.75) is 38.7 Å². The van der Waals surface area contributed by atoms with Gasteiger partial charge in [0.2, 0.25) is 0 Å². The van der Waals surface area contributed by atoms with Crippen molar-refractivity contribution in [1.82, 2.24) is 9.47 Å². The van der Waals surface area contributed by atoms with Gasteiger partial charge in [-0.1, -0.05) is 18.2 Å². The Hall–Kier alpha value is -2.01. The molecule has 2 aromatic rings. The fourth-order valence-electron chi connectivity index (χ4n) is 3.85. The quantitative estimate of drug-likeness (QED) is 0.928. The molecule has 1 aromatic heterocycles. The van der Waals surface area contributed by atoms with Crippen molar-refractivity contribution >= 4 is 17.0 Å². The van der Waals surface area contributed by atoms with Crippen LogP contribution in [0.1, 0.15) is 38.7 Å². The summed E-state index contributed by atoms with van der Waals surface area (Å²) in [4.78, 5) is 14.2. The van der Waals surface area contributed by atoms with Crippen molar-refractivity contribution in [2.24, 2.45) is 18.7 Å². The van der Waals surface area contributed by atoms with Gasteiger partial charge in [-0.2, -0.15) is 0 Å². The highest BCUT2D eigenvalue weighted by atomic mass is 16.6. The summed E-state index contributed by atoms with van der Waals surface area (Å²) < 4.78 is 7.68. The number of nitrogens with two attached hydrogens (primary N) is 1. The predicted octanol–water partition coefficient (Wildman–Crippen LogP) is 3.48. The van der Waals surface area contributed by atoms with Crippen LogP contribution in [-0.2, 0) is 11.8 Å². The van der Waals surface area contributed by atoms with E-state index in [2.05, 4.69) is 42.1 Å².